The van der Waals surface area contributed by atoms with Crippen molar-refractivity contribution in [1.29, 1.82) is 0 Å². The standard InChI is InChI=1S/C15H15FN8/c16-12-9-17-15(18-10-12)23-6-4-22(5-7-23)13-8-14(20-11-19-13)24-3-1-2-21-24/h1-3,8-11H,4-7H2. The topological polar surface area (TPSA) is 75.9 Å². The summed E-state index contributed by atoms with van der Waals surface area (Å²) in [7, 11) is 0. The fourth-order valence-electron chi connectivity index (χ4n) is 2.64. The smallest absolute Gasteiger partial charge is 0.225 e. The second-order valence-electron chi connectivity index (χ2n) is 5.36. The Morgan fingerprint density at radius 3 is 2.29 bits per heavy atom. The van der Waals surface area contributed by atoms with E-state index in [2.05, 4.69) is 29.9 Å². The summed E-state index contributed by atoms with van der Waals surface area (Å²) in [6.45, 7) is 3.03. The summed E-state index contributed by atoms with van der Waals surface area (Å²) in [5.41, 5.74) is 0. The third-order valence-electron chi connectivity index (χ3n) is 3.87. The molecule has 1 saturated heterocycles. The highest BCUT2D eigenvalue weighted by Crippen LogP contribution is 2.17. The number of nitrogens with zero attached hydrogens (tertiary/aromatic N) is 8. The number of aromatic nitrogens is 6. The van der Waals surface area contributed by atoms with Crippen molar-refractivity contribution >= 4 is 11.8 Å². The van der Waals surface area contributed by atoms with Gasteiger partial charge in [-0.2, -0.15) is 5.10 Å². The quantitative estimate of drug-likeness (QED) is 0.708. The number of piperazine rings is 1. The Kier molecular flexibility index (Phi) is 3.73. The van der Waals surface area contributed by atoms with E-state index in [1.807, 2.05) is 23.2 Å². The van der Waals surface area contributed by atoms with Crippen LogP contribution >= 0.6 is 0 Å². The molecule has 122 valence electrons. The van der Waals surface area contributed by atoms with E-state index in [4.69, 9.17) is 0 Å². The third kappa shape index (κ3) is 2.87. The van der Waals surface area contributed by atoms with E-state index >= 15 is 0 Å². The van der Waals surface area contributed by atoms with E-state index in [0.717, 1.165) is 37.8 Å². The number of hydrogen-bond acceptors (Lipinski definition) is 7. The molecular weight excluding hydrogens is 311 g/mol. The summed E-state index contributed by atoms with van der Waals surface area (Å²) in [5.74, 6) is 1.71. The van der Waals surface area contributed by atoms with Crippen LogP contribution in [0.15, 0.2) is 43.2 Å². The molecule has 0 aromatic carbocycles. The minimum absolute atomic E-state index is 0.426. The lowest BCUT2D eigenvalue weighted by atomic mass is 10.3. The summed E-state index contributed by atoms with van der Waals surface area (Å²) in [6.07, 6.45) is 7.48. The second kappa shape index (κ2) is 6.19. The molecule has 1 aliphatic rings. The van der Waals surface area contributed by atoms with Crippen LogP contribution in [0.25, 0.3) is 5.82 Å². The fourth-order valence-corrected chi connectivity index (χ4v) is 2.64. The molecule has 0 spiro atoms. The van der Waals surface area contributed by atoms with E-state index < -0.39 is 5.82 Å². The van der Waals surface area contributed by atoms with Gasteiger partial charge in [0.25, 0.3) is 0 Å². The average Bonchev–Trinajstić information content (AvgIpc) is 3.17. The molecule has 0 unspecified atom stereocenters. The van der Waals surface area contributed by atoms with Crippen molar-refractivity contribution in [2.24, 2.45) is 0 Å². The first-order valence-electron chi connectivity index (χ1n) is 7.59. The zero-order chi connectivity index (χ0) is 16.4. The van der Waals surface area contributed by atoms with Crippen LogP contribution in [-0.4, -0.2) is 55.9 Å². The molecule has 9 heteroatoms. The van der Waals surface area contributed by atoms with Crippen LogP contribution in [0, 0.1) is 5.82 Å². The normalized spacial score (nSPS) is 14.9. The van der Waals surface area contributed by atoms with Crippen LogP contribution in [0.2, 0.25) is 0 Å². The van der Waals surface area contributed by atoms with Crippen molar-refractivity contribution in [1.82, 2.24) is 29.7 Å². The average molecular weight is 326 g/mol. The molecule has 4 rings (SSSR count). The zero-order valence-electron chi connectivity index (χ0n) is 12.8. The second-order valence-corrected chi connectivity index (χ2v) is 5.36. The molecule has 0 amide bonds. The summed E-state index contributed by atoms with van der Waals surface area (Å²) < 4.78 is 14.6. The fraction of sp³-hybridized carbons (Fsp3) is 0.267. The molecule has 0 aliphatic carbocycles. The Bertz CT molecular complexity index is 797. The summed E-state index contributed by atoms with van der Waals surface area (Å²) in [5, 5.41) is 4.18. The molecule has 1 fully saturated rings. The van der Waals surface area contributed by atoms with Crippen molar-refractivity contribution < 1.29 is 4.39 Å². The number of hydrogen-bond donors (Lipinski definition) is 0. The molecule has 3 aromatic rings. The van der Waals surface area contributed by atoms with Gasteiger partial charge in [-0.3, -0.25) is 0 Å². The van der Waals surface area contributed by atoms with Crippen molar-refractivity contribution in [3.63, 3.8) is 0 Å². The number of rotatable bonds is 3. The van der Waals surface area contributed by atoms with E-state index in [1.54, 1.807) is 17.2 Å². The Morgan fingerprint density at radius 1 is 0.875 bits per heavy atom. The van der Waals surface area contributed by atoms with Gasteiger partial charge in [0.05, 0.1) is 12.4 Å². The maximum Gasteiger partial charge on any atom is 0.225 e. The van der Waals surface area contributed by atoms with E-state index in [0.29, 0.717) is 5.95 Å². The largest absolute Gasteiger partial charge is 0.353 e. The predicted molar refractivity (Wildman–Crippen MR) is 85.6 cm³/mol. The summed E-state index contributed by atoms with van der Waals surface area (Å²) in [6, 6.07) is 3.76. The highest BCUT2D eigenvalue weighted by atomic mass is 19.1. The van der Waals surface area contributed by atoms with Crippen LogP contribution in [0.4, 0.5) is 16.2 Å². The van der Waals surface area contributed by atoms with Crippen LogP contribution in [-0.2, 0) is 0 Å². The van der Waals surface area contributed by atoms with Gasteiger partial charge in [-0.05, 0) is 6.07 Å². The Balaban J connectivity index is 1.46. The lowest BCUT2D eigenvalue weighted by molar-refractivity contribution is 0.601. The van der Waals surface area contributed by atoms with Gasteiger partial charge >= 0.3 is 0 Å². The van der Waals surface area contributed by atoms with Gasteiger partial charge in [0.15, 0.2) is 11.6 Å². The molecule has 8 nitrogen and oxygen atoms in total. The molecule has 4 heterocycles. The number of halogens is 1. The van der Waals surface area contributed by atoms with E-state index in [-0.39, 0.29) is 0 Å². The van der Waals surface area contributed by atoms with Crippen LogP contribution in [0.5, 0.6) is 0 Å². The predicted octanol–water partition coefficient (Wildman–Crippen LogP) is 0.918. The van der Waals surface area contributed by atoms with Gasteiger partial charge < -0.3 is 9.80 Å². The van der Waals surface area contributed by atoms with E-state index in [9.17, 15) is 4.39 Å². The summed E-state index contributed by atoms with van der Waals surface area (Å²) >= 11 is 0. The first-order valence-corrected chi connectivity index (χ1v) is 7.59. The minimum Gasteiger partial charge on any atom is -0.353 e. The van der Waals surface area contributed by atoms with Crippen LogP contribution in [0.1, 0.15) is 0 Å². The SMILES string of the molecule is Fc1cnc(N2CCN(c3cc(-n4cccn4)ncn3)CC2)nc1. The maximum atomic E-state index is 12.9. The zero-order valence-corrected chi connectivity index (χ0v) is 12.8. The van der Waals surface area contributed by atoms with Crippen molar-refractivity contribution in [2.45, 2.75) is 0 Å². The molecule has 0 N–H and O–H groups in total. The third-order valence-corrected chi connectivity index (χ3v) is 3.87. The molecule has 3 aromatic heterocycles. The van der Waals surface area contributed by atoms with Gasteiger partial charge in [0.1, 0.15) is 12.1 Å². The van der Waals surface area contributed by atoms with Crippen LogP contribution < -0.4 is 9.80 Å². The first kappa shape index (κ1) is 14.5. The molecule has 24 heavy (non-hydrogen) atoms. The Labute approximate surface area is 137 Å². The van der Waals surface area contributed by atoms with Gasteiger partial charge in [-0.1, -0.05) is 0 Å². The van der Waals surface area contributed by atoms with Gasteiger partial charge in [0, 0.05) is 44.6 Å². The highest BCUT2D eigenvalue weighted by Gasteiger charge is 2.20. The molecule has 0 saturated carbocycles. The first-order chi connectivity index (χ1) is 11.8. The van der Waals surface area contributed by atoms with Crippen molar-refractivity contribution in [2.75, 3.05) is 36.0 Å². The van der Waals surface area contributed by atoms with Crippen LogP contribution in [0.3, 0.4) is 0 Å². The van der Waals surface area contributed by atoms with Gasteiger partial charge in [-0.25, -0.2) is 29.0 Å². The van der Waals surface area contributed by atoms with E-state index in [1.165, 1.54) is 12.4 Å². The molecular formula is C15H15FN8. The lowest BCUT2D eigenvalue weighted by Gasteiger charge is -2.35. The van der Waals surface area contributed by atoms with Crippen molar-refractivity contribution in [3.8, 4) is 5.82 Å². The molecule has 1 aliphatic heterocycles. The van der Waals surface area contributed by atoms with Crippen molar-refractivity contribution in [3.05, 3.63) is 49.1 Å². The van der Waals surface area contributed by atoms with Gasteiger partial charge in [-0.15, -0.1) is 0 Å². The van der Waals surface area contributed by atoms with Gasteiger partial charge in [0.2, 0.25) is 5.95 Å². The number of anilines is 2. The lowest BCUT2D eigenvalue weighted by Crippen LogP contribution is -2.47. The molecule has 0 radical (unpaired) electrons. The minimum atomic E-state index is -0.426. The molecule has 0 bridgehead atoms. The maximum absolute atomic E-state index is 12.9. The monoisotopic (exact) mass is 326 g/mol. The Hall–Kier alpha value is -3.10. The highest BCUT2D eigenvalue weighted by molar-refractivity contribution is 5.45. The molecule has 0 atom stereocenters. The summed E-state index contributed by atoms with van der Waals surface area (Å²) in [4.78, 5) is 20.9. The Morgan fingerprint density at radius 2 is 1.58 bits per heavy atom.